The van der Waals surface area contributed by atoms with Gasteiger partial charge in [0.1, 0.15) is 23.7 Å². The zero-order chi connectivity index (χ0) is 29.3. The molecule has 16 heteroatoms. The first-order chi connectivity index (χ1) is 20.2. The summed E-state index contributed by atoms with van der Waals surface area (Å²) < 4.78 is 3.22. The van der Waals surface area contributed by atoms with E-state index in [1.807, 2.05) is 0 Å². The smallest absolute Gasteiger partial charge is 0.351 e. The summed E-state index contributed by atoms with van der Waals surface area (Å²) in [4.78, 5) is 73.7. The lowest BCUT2D eigenvalue weighted by Crippen LogP contribution is -2.54. The number of imidazole rings is 1. The third kappa shape index (κ3) is 3.84. The van der Waals surface area contributed by atoms with Crippen molar-refractivity contribution in [1.29, 1.82) is 0 Å². The van der Waals surface area contributed by atoms with E-state index in [2.05, 4.69) is 25.2 Å². The zero-order valence-electron chi connectivity index (χ0n) is 22.9. The quantitative estimate of drug-likeness (QED) is 0.297. The summed E-state index contributed by atoms with van der Waals surface area (Å²) >= 11 is 1.35. The molecule has 1 aliphatic carbocycles. The minimum Gasteiger partial charge on any atom is -0.478 e. The van der Waals surface area contributed by atoms with Crippen molar-refractivity contribution in [3.05, 3.63) is 44.9 Å². The van der Waals surface area contributed by atoms with Crippen molar-refractivity contribution < 1.29 is 14.7 Å². The molecule has 3 atom stereocenters. The fourth-order valence-corrected chi connectivity index (χ4v) is 7.06. The lowest BCUT2D eigenvalue weighted by atomic mass is 10.1. The number of likely N-dealkylation sites (N-methyl/N-ethyl adjacent to an activating group) is 1. The molecule has 15 nitrogen and oxygen atoms in total. The number of hydrogen-bond acceptors (Lipinski definition) is 11. The van der Waals surface area contributed by atoms with Crippen LogP contribution in [0.5, 0.6) is 0 Å². The first-order valence-electron chi connectivity index (χ1n) is 13.6. The summed E-state index contributed by atoms with van der Waals surface area (Å²) in [7, 11) is 2.82. The second-order valence-corrected chi connectivity index (χ2v) is 11.9. The van der Waals surface area contributed by atoms with Gasteiger partial charge in [-0.1, -0.05) is 0 Å². The fraction of sp³-hybridized carbons (Fsp3) is 0.462. The van der Waals surface area contributed by atoms with Crippen LogP contribution in [0.25, 0.3) is 21.7 Å². The van der Waals surface area contributed by atoms with Crippen LogP contribution in [-0.2, 0) is 28.8 Å². The number of aliphatic carboxylic acids is 1. The molecule has 4 aromatic heterocycles. The molecule has 0 bridgehead atoms. The third-order valence-corrected chi connectivity index (χ3v) is 9.50. The molecular weight excluding hydrogens is 564 g/mol. The number of nitrogens with one attached hydrogen (secondary N) is 1. The molecule has 6 heterocycles. The largest absolute Gasteiger partial charge is 0.478 e. The first kappa shape index (κ1) is 26.3. The van der Waals surface area contributed by atoms with Gasteiger partial charge in [-0.3, -0.25) is 18.7 Å². The monoisotopic (exact) mass is 592 g/mol. The Hall–Kier alpha value is -4.60. The number of carboxylic acids is 1. The van der Waals surface area contributed by atoms with E-state index in [-0.39, 0.29) is 17.6 Å². The second-order valence-electron chi connectivity index (χ2n) is 11.0. The Bertz CT molecular complexity index is 1850. The van der Waals surface area contributed by atoms with E-state index in [4.69, 9.17) is 4.98 Å². The summed E-state index contributed by atoms with van der Waals surface area (Å²) in [5, 5.41) is 15.5. The Kier molecular flexibility index (Phi) is 5.93. The van der Waals surface area contributed by atoms with E-state index in [0.29, 0.717) is 29.7 Å². The number of carbonyl (C=O) groups excluding carboxylic acids is 1. The van der Waals surface area contributed by atoms with Crippen LogP contribution in [0.15, 0.2) is 33.7 Å². The standard InChI is InChI=1S/C26H28N10O5S/c1-27-18(37)11-34-22(38)19-20(32(2)25(34)41)30-13-36(19)26(23(39)40)4-3-5-35(26)17-12-42-21(31-17)16-7-28-24(29-8-16)33-9-14-6-15(14)10-33/h7-8,12-15H,3-6,9-11H2,1-2H3,(H,27,37)(H,39,40)/t14-,15-,26+/m1/s1. The highest BCUT2D eigenvalue weighted by Gasteiger charge is 2.52. The van der Waals surface area contributed by atoms with Gasteiger partial charge >= 0.3 is 11.7 Å². The van der Waals surface area contributed by atoms with E-state index < -0.39 is 35.3 Å². The molecule has 0 aromatic carbocycles. The number of fused-ring (bicyclic) bond motifs is 2. The maximum Gasteiger partial charge on any atom is 0.351 e. The second kappa shape index (κ2) is 9.47. The van der Waals surface area contributed by atoms with Gasteiger partial charge in [-0.25, -0.2) is 34.1 Å². The number of aromatic nitrogens is 7. The molecule has 3 fully saturated rings. The van der Waals surface area contributed by atoms with E-state index in [1.165, 1.54) is 42.7 Å². The van der Waals surface area contributed by atoms with Crippen LogP contribution in [0.1, 0.15) is 19.3 Å². The number of carboxylic acid groups (broad SMARTS) is 1. The molecule has 4 aromatic rings. The number of aryl methyl sites for hydroxylation is 1. The molecule has 0 unspecified atom stereocenters. The summed E-state index contributed by atoms with van der Waals surface area (Å²) in [5.41, 5.74) is -2.61. The Balaban J connectivity index is 1.27. The van der Waals surface area contributed by atoms with Gasteiger partial charge in [-0.2, -0.15) is 0 Å². The topological polar surface area (TPSA) is 173 Å². The normalized spacial score (nSPS) is 23.0. The van der Waals surface area contributed by atoms with Gasteiger partial charge in [0.25, 0.3) is 5.56 Å². The predicted octanol–water partition coefficient (Wildman–Crippen LogP) is 0.0501. The van der Waals surface area contributed by atoms with Crippen molar-refractivity contribution in [2.45, 2.75) is 31.5 Å². The summed E-state index contributed by atoms with van der Waals surface area (Å²) in [6, 6.07) is 0. The molecule has 7 rings (SSSR count). The van der Waals surface area contributed by atoms with Crippen molar-refractivity contribution in [2.75, 3.05) is 36.5 Å². The van der Waals surface area contributed by atoms with E-state index >= 15 is 0 Å². The van der Waals surface area contributed by atoms with Gasteiger partial charge in [0, 0.05) is 63.5 Å². The lowest BCUT2D eigenvalue weighted by Gasteiger charge is -2.36. The highest BCUT2D eigenvalue weighted by Crippen LogP contribution is 2.46. The SMILES string of the molecule is CNC(=O)Cn1c(=O)c2c(ncn2[C@]2(C(=O)O)CCCN2c2csc(-c3cnc(N4C[C@H]5C[C@@H]5C4)nc3)n2)n(C)c1=O. The van der Waals surface area contributed by atoms with Crippen LogP contribution in [0.3, 0.4) is 0 Å². The molecule has 2 N–H and O–H groups in total. The Labute approximate surface area is 242 Å². The molecule has 0 radical (unpaired) electrons. The van der Waals surface area contributed by atoms with E-state index in [1.54, 1.807) is 22.7 Å². The molecule has 42 heavy (non-hydrogen) atoms. The number of rotatable bonds is 7. The van der Waals surface area contributed by atoms with Crippen molar-refractivity contribution in [3.63, 3.8) is 0 Å². The number of anilines is 2. The van der Waals surface area contributed by atoms with Gasteiger partial charge in [0.15, 0.2) is 11.2 Å². The lowest BCUT2D eigenvalue weighted by molar-refractivity contribution is -0.146. The minimum atomic E-state index is -1.74. The van der Waals surface area contributed by atoms with Crippen LogP contribution in [-0.4, -0.2) is 77.3 Å². The molecule has 1 amide bonds. The van der Waals surface area contributed by atoms with Crippen LogP contribution >= 0.6 is 11.3 Å². The van der Waals surface area contributed by atoms with Crippen molar-refractivity contribution in [1.82, 2.24) is 39.0 Å². The maximum atomic E-state index is 13.6. The fourth-order valence-electron chi connectivity index (χ4n) is 6.27. The average Bonchev–Trinajstić information content (AvgIpc) is 3.52. The number of hydrogen-bond donors (Lipinski definition) is 2. The average molecular weight is 593 g/mol. The van der Waals surface area contributed by atoms with Crippen LogP contribution in [0.2, 0.25) is 0 Å². The molecule has 218 valence electrons. The Morgan fingerprint density at radius 3 is 2.60 bits per heavy atom. The highest BCUT2D eigenvalue weighted by molar-refractivity contribution is 7.13. The molecule has 2 aliphatic heterocycles. The molecular formula is C26H28N10O5S. The van der Waals surface area contributed by atoms with E-state index in [0.717, 1.165) is 39.6 Å². The molecule has 2 saturated heterocycles. The maximum absolute atomic E-state index is 13.6. The van der Waals surface area contributed by atoms with Gasteiger partial charge in [0.2, 0.25) is 17.5 Å². The minimum absolute atomic E-state index is 0.0251. The Morgan fingerprint density at radius 2 is 1.90 bits per heavy atom. The first-order valence-corrected chi connectivity index (χ1v) is 14.5. The summed E-state index contributed by atoms with van der Waals surface area (Å²) in [6.45, 7) is 1.83. The van der Waals surface area contributed by atoms with Crippen molar-refractivity contribution in [3.8, 4) is 10.6 Å². The van der Waals surface area contributed by atoms with Gasteiger partial charge in [-0.05, 0) is 24.7 Å². The summed E-state index contributed by atoms with van der Waals surface area (Å²) in [5.74, 6) is 0.920. The predicted molar refractivity (Wildman–Crippen MR) is 152 cm³/mol. The molecule has 0 spiro atoms. The van der Waals surface area contributed by atoms with E-state index in [9.17, 15) is 24.3 Å². The van der Waals surface area contributed by atoms with Crippen LogP contribution in [0, 0.1) is 11.8 Å². The number of thiazole rings is 1. The van der Waals surface area contributed by atoms with Crippen LogP contribution < -0.4 is 26.4 Å². The number of carbonyl (C=O) groups is 2. The van der Waals surface area contributed by atoms with Crippen molar-refractivity contribution in [2.24, 2.45) is 18.9 Å². The van der Waals surface area contributed by atoms with Gasteiger partial charge < -0.3 is 20.2 Å². The highest BCUT2D eigenvalue weighted by atomic mass is 32.1. The van der Waals surface area contributed by atoms with Crippen LogP contribution in [0.4, 0.5) is 11.8 Å². The Morgan fingerprint density at radius 1 is 1.17 bits per heavy atom. The van der Waals surface area contributed by atoms with Gasteiger partial charge in [0.05, 0.1) is 0 Å². The number of piperidine rings is 1. The third-order valence-electron chi connectivity index (χ3n) is 8.62. The van der Waals surface area contributed by atoms with Crippen molar-refractivity contribution >= 4 is 46.1 Å². The molecule has 1 saturated carbocycles. The molecule has 3 aliphatic rings. The van der Waals surface area contributed by atoms with Gasteiger partial charge in [-0.15, -0.1) is 11.3 Å². The number of amides is 1. The zero-order valence-corrected chi connectivity index (χ0v) is 23.7. The number of nitrogens with zero attached hydrogens (tertiary/aromatic N) is 9. The summed E-state index contributed by atoms with van der Waals surface area (Å²) in [6.07, 6.45) is 6.71.